The quantitative estimate of drug-likeness (QED) is 0.742. The molecule has 1 aromatic rings. The Bertz CT molecular complexity index is 342. The lowest BCUT2D eigenvalue weighted by Crippen LogP contribution is -2.17. The molecule has 0 saturated carbocycles. The fourth-order valence-corrected chi connectivity index (χ4v) is 1.55. The van der Waals surface area contributed by atoms with Crippen molar-refractivity contribution in [1.29, 1.82) is 0 Å². The van der Waals surface area contributed by atoms with Crippen LogP contribution in [-0.4, -0.2) is 18.1 Å². The number of nitrogens with zero attached hydrogens (tertiary/aromatic N) is 1. The van der Waals surface area contributed by atoms with Gasteiger partial charge in [-0.2, -0.15) is 0 Å². The highest BCUT2D eigenvalue weighted by atomic mass is 14.8. The van der Waals surface area contributed by atoms with Gasteiger partial charge in [-0.05, 0) is 43.5 Å². The van der Waals surface area contributed by atoms with Crippen LogP contribution in [0, 0.1) is 6.92 Å². The first-order chi connectivity index (χ1) is 7.77. The fraction of sp³-hybridized carbons (Fsp3) is 0.500. The van der Waals surface area contributed by atoms with Crippen molar-refractivity contribution in [3.05, 3.63) is 35.2 Å². The molecule has 88 valence electrons. The van der Waals surface area contributed by atoms with Crippen LogP contribution in [0.3, 0.4) is 0 Å². The molecule has 16 heavy (non-hydrogen) atoms. The molecule has 1 heterocycles. The third-order valence-corrected chi connectivity index (χ3v) is 2.67. The highest BCUT2D eigenvalue weighted by molar-refractivity contribution is 5.55. The standard InChI is InChI=1S/C14H22N2/c1-4-7-15-10-13(5-2)9-14-11-16-8-6-12(14)3/h6,8-9,11,15H,4-5,7,10H2,1-3H3/b13-9+. The van der Waals surface area contributed by atoms with Gasteiger partial charge in [-0.25, -0.2) is 0 Å². The van der Waals surface area contributed by atoms with Gasteiger partial charge in [0.05, 0.1) is 0 Å². The molecule has 0 unspecified atom stereocenters. The minimum atomic E-state index is 0.985. The number of rotatable bonds is 6. The molecule has 2 nitrogen and oxygen atoms in total. The van der Waals surface area contributed by atoms with Gasteiger partial charge >= 0.3 is 0 Å². The van der Waals surface area contributed by atoms with Gasteiger partial charge in [-0.1, -0.05) is 25.5 Å². The third kappa shape index (κ3) is 4.15. The molecule has 0 radical (unpaired) electrons. The first-order valence-electron chi connectivity index (χ1n) is 6.08. The number of aromatic nitrogens is 1. The van der Waals surface area contributed by atoms with Crippen molar-refractivity contribution in [2.75, 3.05) is 13.1 Å². The SMILES string of the molecule is CCCNC/C(=C/c1cnccc1C)CC. The molecule has 0 fully saturated rings. The zero-order chi connectivity index (χ0) is 11.8. The van der Waals surface area contributed by atoms with Gasteiger partial charge in [0.1, 0.15) is 0 Å². The van der Waals surface area contributed by atoms with Crippen LogP contribution in [0.2, 0.25) is 0 Å². The largest absolute Gasteiger partial charge is 0.313 e. The maximum Gasteiger partial charge on any atom is 0.0342 e. The first kappa shape index (κ1) is 12.9. The number of nitrogens with one attached hydrogen (secondary N) is 1. The van der Waals surface area contributed by atoms with Crippen molar-refractivity contribution in [2.24, 2.45) is 0 Å². The summed E-state index contributed by atoms with van der Waals surface area (Å²) in [6, 6.07) is 2.05. The van der Waals surface area contributed by atoms with Crippen molar-refractivity contribution in [2.45, 2.75) is 33.6 Å². The van der Waals surface area contributed by atoms with Gasteiger partial charge in [-0.3, -0.25) is 4.98 Å². The summed E-state index contributed by atoms with van der Waals surface area (Å²) in [5, 5.41) is 3.44. The summed E-state index contributed by atoms with van der Waals surface area (Å²) < 4.78 is 0. The summed E-state index contributed by atoms with van der Waals surface area (Å²) in [7, 11) is 0. The van der Waals surface area contributed by atoms with Crippen LogP contribution < -0.4 is 5.32 Å². The van der Waals surface area contributed by atoms with Crippen LogP contribution in [0.4, 0.5) is 0 Å². The zero-order valence-electron chi connectivity index (χ0n) is 10.6. The van der Waals surface area contributed by atoms with Crippen molar-refractivity contribution in [3.8, 4) is 0 Å². The van der Waals surface area contributed by atoms with Crippen molar-refractivity contribution in [3.63, 3.8) is 0 Å². The molecular weight excluding hydrogens is 196 g/mol. The molecule has 0 spiro atoms. The molecule has 0 aliphatic heterocycles. The number of hydrogen-bond acceptors (Lipinski definition) is 2. The minimum Gasteiger partial charge on any atom is -0.313 e. The summed E-state index contributed by atoms with van der Waals surface area (Å²) in [6.45, 7) is 8.58. The van der Waals surface area contributed by atoms with Gasteiger partial charge in [-0.15, -0.1) is 0 Å². The van der Waals surface area contributed by atoms with Gasteiger partial charge in [0, 0.05) is 18.9 Å². The van der Waals surface area contributed by atoms with E-state index in [9.17, 15) is 0 Å². The Balaban J connectivity index is 2.68. The fourth-order valence-electron chi connectivity index (χ4n) is 1.55. The molecule has 0 aliphatic rings. The maximum atomic E-state index is 4.16. The normalized spacial score (nSPS) is 11.8. The molecular formula is C14H22N2. The van der Waals surface area contributed by atoms with E-state index >= 15 is 0 Å². The zero-order valence-corrected chi connectivity index (χ0v) is 10.6. The highest BCUT2D eigenvalue weighted by Crippen LogP contribution is 2.12. The smallest absolute Gasteiger partial charge is 0.0342 e. The molecule has 0 bridgehead atoms. The highest BCUT2D eigenvalue weighted by Gasteiger charge is 1.97. The maximum absolute atomic E-state index is 4.16. The van der Waals surface area contributed by atoms with Crippen LogP contribution in [0.25, 0.3) is 6.08 Å². The van der Waals surface area contributed by atoms with E-state index in [1.54, 1.807) is 0 Å². The van der Waals surface area contributed by atoms with E-state index in [2.05, 4.69) is 43.2 Å². The predicted molar refractivity (Wildman–Crippen MR) is 70.4 cm³/mol. The van der Waals surface area contributed by atoms with E-state index in [1.807, 2.05) is 12.4 Å². The van der Waals surface area contributed by atoms with E-state index in [0.29, 0.717) is 0 Å². The summed E-state index contributed by atoms with van der Waals surface area (Å²) >= 11 is 0. The molecule has 1 aromatic heterocycles. The lowest BCUT2D eigenvalue weighted by molar-refractivity contribution is 0.706. The Labute approximate surface area is 98.8 Å². The second kappa shape index (κ2) is 7.18. The third-order valence-electron chi connectivity index (χ3n) is 2.67. The van der Waals surface area contributed by atoms with Gasteiger partial charge < -0.3 is 5.32 Å². The van der Waals surface area contributed by atoms with Crippen molar-refractivity contribution in [1.82, 2.24) is 10.3 Å². The molecule has 0 saturated heterocycles. The second-order valence-electron chi connectivity index (χ2n) is 4.07. The Morgan fingerprint density at radius 3 is 2.88 bits per heavy atom. The van der Waals surface area contributed by atoms with E-state index in [1.165, 1.54) is 23.1 Å². The van der Waals surface area contributed by atoms with Crippen LogP contribution >= 0.6 is 0 Å². The molecule has 0 amide bonds. The van der Waals surface area contributed by atoms with Crippen LogP contribution in [0.15, 0.2) is 24.0 Å². The summed E-state index contributed by atoms with van der Waals surface area (Å²) in [5.41, 5.74) is 3.96. The summed E-state index contributed by atoms with van der Waals surface area (Å²) in [6.07, 6.45) is 8.30. The van der Waals surface area contributed by atoms with Crippen LogP contribution in [0.5, 0.6) is 0 Å². The summed E-state index contributed by atoms with van der Waals surface area (Å²) in [5.74, 6) is 0. The number of hydrogen-bond donors (Lipinski definition) is 1. The molecule has 1 rings (SSSR count). The van der Waals surface area contributed by atoms with E-state index in [0.717, 1.165) is 19.5 Å². The Kier molecular flexibility index (Phi) is 5.79. The number of pyridine rings is 1. The van der Waals surface area contributed by atoms with Crippen molar-refractivity contribution < 1.29 is 0 Å². The molecule has 1 N–H and O–H groups in total. The first-order valence-corrected chi connectivity index (χ1v) is 6.08. The lowest BCUT2D eigenvalue weighted by atomic mass is 10.1. The lowest BCUT2D eigenvalue weighted by Gasteiger charge is -2.07. The Hall–Kier alpha value is -1.15. The number of aryl methyl sites for hydroxylation is 1. The van der Waals surface area contributed by atoms with Gasteiger partial charge in [0.25, 0.3) is 0 Å². The monoisotopic (exact) mass is 218 g/mol. The van der Waals surface area contributed by atoms with Crippen molar-refractivity contribution >= 4 is 6.08 Å². The minimum absolute atomic E-state index is 0.985. The average Bonchev–Trinajstić information content (AvgIpc) is 2.30. The van der Waals surface area contributed by atoms with E-state index in [-0.39, 0.29) is 0 Å². The molecule has 0 atom stereocenters. The molecule has 2 heteroatoms. The Morgan fingerprint density at radius 2 is 2.25 bits per heavy atom. The predicted octanol–water partition coefficient (Wildman–Crippen LogP) is 3.18. The van der Waals surface area contributed by atoms with Crippen LogP contribution in [0.1, 0.15) is 37.8 Å². The molecule has 0 aromatic carbocycles. The van der Waals surface area contributed by atoms with E-state index in [4.69, 9.17) is 0 Å². The van der Waals surface area contributed by atoms with Gasteiger partial charge in [0.15, 0.2) is 0 Å². The topological polar surface area (TPSA) is 24.9 Å². The molecule has 0 aliphatic carbocycles. The second-order valence-corrected chi connectivity index (χ2v) is 4.07. The van der Waals surface area contributed by atoms with Gasteiger partial charge in [0.2, 0.25) is 0 Å². The average molecular weight is 218 g/mol. The Morgan fingerprint density at radius 1 is 1.44 bits per heavy atom. The summed E-state index contributed by atoms with van der Waals surface area (Å²) in [4.78, 5) is 4.16. The van der Waals surface area contributed by atoms with E-state index < -0.39 is 0 Å². The van der Waals surface area contributed by atoms with Crippen LogP contribution in [-0.2, 0) is 0 Å².